The Morgan fingerprint density at radius 3 is 2.60 bits per heavy atom. The van der Waals surface area contributed by atoms with Crippen molar-refractivity contribution >= 4 is 5.69 Å². The summed E-state index contributed by atoms with van der Waals surface area (Å²) in [7, 11) is 0. The van der Waals surface area contributed by atoms with E-state index in [1.165, 1.54) is 5.69 Å². The van der Waals surface area contributed by atoms with Gasteiger partial charge in [-0.15, -0.1) is 0 Å². The van der Waals surface area contributed by atoms with Gasteiger partial charge in [-0.2, -0.15) is 0 Å². The minimum absolute atomic E-state index is 0.356. The highest BCUT2D eigenvalue weighted by molar-refractivity contribution is 5.42. The lowest BCUT2D eigenvalue weighted by Gasteiger charge is -2.27. The second kappa shape index (κ2) is 4.65. The van der Waals surface area contributed by atoms with Crippen molar-refractivity contribution in [1.29, 1.82) is 0 Å². The molecule has 15 heavy (non-hydrogen) atoms. The number of hydrogen-bond donors (Lipinski definition) is 1. The van der Waals surface area contributed by atoms with Crippen LogP contribution >= 0.6 is 0 Å². The monoisotopic (exact) mass is 206 g/mol. The molecule has 2 heteroatoms. The summed E-state index contributed by atoms with van der Waals surface area (Å²) < 4.78 is 0. The summed E-state index contributed by atoms with van der Waals surface area (Å²) in [6.07, 6.45) is 1.85. The molecular formula is C13H22N2. The smallest absolute Gasteiger partial charge is 0.0393 e. The molecule has 1 atom stereocenters. The van der Waals surface area contributed by atoms with Crippen LogP contribution in [-0.2, 0) is 0 Å². The molecule has 0 fully saturated rings. The Labute approximate surface area is 93.1 Å². The van der Waals surface area contributed by atoms with Crippen molar-refractivity contribution in [3.8, 4) is 0 Å². The van der Waals surface area contributed by atoms with Gasteiger partial charge < -0.3 is 5.32 Å². The molecule has 0 bridgehead atoms. The number of nitrogens with one attached hydrogen (secondary N) is 1. The maximum Gasteiger partial charge on any atom is 0.0393 e. The summed E-state index contributed by atoms with van der Waals surface area (Å²) >= 11 is 0. The second-order valence-electron chi connectivity index (χ2n) is 5.33. The molecule has 1 heterocycles. The number of nitrogens with zero attached hydrogens (tertiary/aromatic N) is 1. The summed E-state index contributed by atoms with van der Waals surface area (Å²) in [5.41, 5.74) is 2.58. The van der Waals surface area contributed by atoms with E-state index in [-0.39, 0.29) is 0 Å². The van der Waals surface area contributed by atoms with Gasteiger partial charge in [-0.05, 0) is 30.4 Å². The van der Waals surface area contributed by atoms with E-state index in [2.05, 4.69) is 44.1 Å². The van der Waals surface area contributed by atoms with Crippen LogP contribution in [0.4, 0.5) is 5.69 Å². The van der Waals surface area contributed by atoms with Gasteiger partial charge in [-0.3, -0.25) is 4.98 Å². The van der Waals surface area contributed by atoms with E-state index in [1.54, 1.807) is 0 Å². The Kier molecular flexibility index (Phi) is 3.72. The van der Waals surface area contributed by atoms with Crippen molar-refractivity contribution < 1.29 is 0 Å². The standard InChI is InChI=1S/C13H22N2/c1-10(13(3,4)5)9-15-12-6-7-14-11(2)8-12/h6-8,10H,9H2,1-5H3,(H,14,15). The van der Waals surface area contributed by atoms with Crippen LogP contribution < -0.4 is 5.32 Å². The highest BCUT2D eigenvalue weighted by Gasteiger charge is 2.19. The van der Waals surface area contributed by atoms with Crippen molar-refractivity contribution in [2.24, 2.45) is 11.3 Å². The van der Waals surface area contributed by atoms with Crippen molar-refractivity contribution in [1.82, 2.24) is 4.98 Å². The largest absolute Gasteiger partial charge is 0.385 e. The van der Waals surface area contributed by atoms with E-state index < -0.39 is 0 Å². The van der Waals surface area contributed by atoms with Gasteiger partial charge in [0, 0.05) is 24.1 Å². The second-order valence-corrected chi connectivity index (χ2v) is 5.33. The van der Waals surface area contributed by atoms with E-state index in [9.17, 15) is 0 Å². The summed E-state index contributed by atoms with van der Waals surface area (Å²) in [5, 5.41) is 3.45. The highest BCUT2D eigenvalue weighted by Crippen LogP contribution is 2.25. The lowest BCUT2D eigenvalue weighted by molar-refractivity contribution is 0.274. The molecular weight excluding hydrogens is 184 g/mol. The normalized spacial score (nSPS) is 13.7. The third-order valence-electron chi connectivity index (χ3n) is 2.99. The minimum Gasteiger partial charge on any atom is -0.385 e. The molecule has 0 aliphatic rings. The van der Waals surface area contributed by atoms with E-state index >= 15 is 0 Å². The molecule has 0 aliphatic carbocycles. The van der Waals surface area contributed by atoms with Gasteiger partial charge in [0.25, 0.3) is 0 Å². The molecule has 1 unspecified atom stereocenters. The zero-order chi connectivity index (χ0) is 11.5. The Morgan fingerprint density at radius 2 is 2.07 bits per heavy atom. The Balaban J connectivity index is 2.51. The first-order valence-corrected chi connectivity index (χ1v) is 5.56. The van der Waals surface area contributed by atoms with E-state index in [0.717, 1.165) is 12.2 Å². The van der Waals surface area contributed by atoms with Crippen LogP contribution in [-0.4, -0.2) is 11.5 Å². The molecule has 84 valence electrons. The SMILES string of the molecule is Cc1cc(NCC(C)C(C)(C)C)ccn1. The predicted molar refractivity (Wildman–Crippen MR) is 66.1 cm³/mol. The first-order valence-electron chi connectivity index (χ1n) is 5.56. The first-order chi connectivity index (χ1) is 6.89. The molecule has 0 saturated heterocycles. The Bertz CT molecular complexity index is 313. The third-order valence-corrected chi connectivity index (χ3v) is 2.99. The average molecular weight is 206 g/mol. The van der Waals surface area contributed by atoms with E-state index in [4.69, 9.17) is 0 Å². The van der Waals surface area contributed by atoms with Gasteiger partial charge in [0.1, 0.15) is 0 Å². The molecule has 1 rings (SSSR count). The van der Waals surface area contributed by atoms with E-state index in [0.29, 0.717) is 11.3 Å². The molecule has 0 spiro atoms. The highest BCUT2D eigenvalue weighted by atomic mass is 14.9. The molecule has 0 radical (unpaired) electrons. The van der Waals surface area contributed by atoms with Crippen LogP contribution in [0.2, 0.25) is 0 Å². The lowest BCUT2D eigenvalue weighted by Crippen LogP contribution is -2.24. The van der Waals surface area contributed by atoms with Gasteiger partial charge in [0.2, 0.25) is 0 Å². The molecule has 0 aliphatic heterocycles. The Morgan fingerprint density at radius 1 is 1.40 bits per heavy atom. The van der Waals surface area contributed by atoms with Gasteiger partial charge in [-0.25, -0.2) is 0 Å². The maximum absolute atomic E-state index is 4.18. The summed E-state index contributed by atoms with van der Waals surface area (Å²) in [5.74, 6) is 0.644. The molecule has 1 N–H and O–H groups in total. The van der Waals surface area contributed by atoms with Crippen molar-refractivity contribution in [3.05, 3.63) is 24.0 Å². The maximum atomic E-state index is 4.18. The fourth-order valence-electron chi connectivity index (χ4n) is 1.23. The first kappa shape index (κ1) is 12.0. The number of pyridine rings is 1. The zero-order valence-corrected chi connectivity index (χ0v) is 10.5. The molecule has 1 aromatic rings. The van der Waals surface area contributed by atoms with Crippen molar-refractivity contribution in [2.75, 3.05) is 11.9 Å². The fraction of sp³-hybridized carbons (Fsp3) is 0.615. The number of anilines is 1. The minimum atomic E-state index is 0.356. The van der Waals surface area contributed by atoms with Gasteiger partial charge in [0.05, 0.1) is 0 Å². The van der Waals surface area contributed by atoms with Gasteiger partial charge in [-0.1, -0.05) is 27.7 Å². The summed E-state index contributed by atoms with van der Waals surface area (Å²) in [6.45, 7) is 12.1. The lowest BCUT2D eigenvalue weighted by atomic mass is 9.82. The van der Waals surface area contributed by atoms with Crippen LogP contribution in [0.5, 0.6) is 0 Å². The zero-order valence-electron chi connectivity index (χ0n) is 10.5. The quantitative estimate of drug-likeness (QED) is 0.819. The van der Waals surface area contributed by atoms with Crippen LogP contribution in [0.15, 0.2) is 18.3 Å². The number of aryl methyl sites for hydroxylation is 1. The third kappa shape index (κ3) is 3.90. The number of aromatic nitrogens is 1. The molecule has 1 aromatic heterocycles. The van der Waals surface area contributed by atoms with Crippen LogP contribution in [0.3, 0.4) is 0 Å². The van der Waals surface area contributed by atoms with E-state index in [1.807, 2.05) is 19.2 Å². The molecule has 0 amide bonds. The summed E-state index contributed by atoms with van der Waals surface area (Å²) in [4.78, 5) is 4.18. The van der Waals surface area contributed by atoms with Gasteiger partial charge in [0.15, 0.2) is 0 Å². The number of rotatable bonds is 3. The average Bonchev–Trinajstić information content (AvgIpc) is 2.12. The molecule has 0 aromatic carbocycles. The van der Waals surface area contributed by atoms with Crippen molar-refractivity contribution in [2.45, 2.75) is 34.6 Å². The van der Waals surface area contributed by atoms with Gasteiger partial charge >= 0.3 is 0 Å². The predicted octanol–water partition coefficient (Wildman–Crippen LogP) is 3.48. The van der Waals surface area contributed by atoms with Crippen molar-refractivity contribution in [3.63, 3.8) is 0 Å². The number of hydrogen-bond acceptors (Lipinski definition) is 2. The fourth-order valence-corrected chi connectivity index (χ4v) is 1.23. The Hall–Kier alpha value is -1.05. The summed E-state index contributed by atoms with van der Waals surface area (Å²) in [6, 6.07) is 4.10. The molecule has 0 saturated carbocycles. The van der Waals surface area contributed by atoms with Crippen LogP contribution in [0, 0.1) is 18.3 Å². The topological polar surface area (TPSA) is 24.9 Å². The van der Waals surface area contributed by atoms with Crippen LogP contribution in [0.25, 0.3) is 0 Å². The molecule has 2 nitrogen and oxygen atoms in total. The van der Waals surface area contributed by atoms with Crippen LogP contribution in [0.1, 0.15) is 33.4 Å².